The lowest BCUT2D eigenvalue weighted by Gasteiger charge is -2.34. The van der Waals surface area contributed by atoms with Crippen molar-refractivity contribution in [3.8, 4) is 0 Å². The second kappa shape index (κ2) is 12.1. The van der Waals surface area contributed by atoms with E-state index in [-0.39, 0.29) is 5.91 Å². The molecule has 0 unspecified atom stereocenters. The summed E-state index contributed by atoms with van der Waals surface area (Å²) in [4.78, 5) is 21.0. The first-order chi connectivity index (χ1) is 11.6. The number of rotatable bonds is 9. The normalized spacial score (nSPS) is 16.5. The van der Waals surface area contributed by atoms with Gasteiger partial charge in [-0.2, -0.15) is 0 Å². The molecule has 2 N–H and O–H groups in total. The fraction of sp³-hybridized carbons (Fsp3) is 0.889. The molecule has 1 rings (SSSR count). The van der Waals surface area contributed by atoms with Gasteiger partial charge < -0.3 is 20.4 Å². The lowest BCUT2D eigenvalue weighted by atomic mass is 9.93. The number of carbonyl (C=O) groups is 1. The summed E-state index contributed by atoms with van der Waals surface area (Å²) in [5.41, 5.74) is 0. The van der Waals surface area contributed by atoms with Crippen LogP contribution in [0.25, 0.3) is 0 Å². The van der Waals surface area contributed by atoms with E-state index < -0.39 is 0 Å². The molecule has 0 saturated carbocycles. The van der Waals surface area contributed by atoms with Gasteiger partial charge in [-0.25, -0.2) is 0 Å². The number of piperidine rings is 1. The van der Waals surface area contributed by atoms with Crippen molar-refractivity contribution in [2.45, 2.75) is 46.0 Å². The van der Waals surface area contributed by atoms with E-state index in [4.69, 9.17) is 4.99 Å². The Hall–Kier alpha value is -1.30. The van der Waals surface area contributed by atoms with Crippen LogP contribution in [0.15, 0.2) is 4.99 Å². The molecule has 1 heterocycles. The third-order valence-corrected chi connectivity index (χ3v) is 4.64. The molecule has 1 fully saturated rings. The number of unbranched alkanes of at least 4 members (excludes halogenated alkanes) is 1. The van der Waals surface area contributed by atoms with Crippen molar-refractivity contribution in [2.75, 3.05) is 53.4 Å². The SMILES string of the molecule is CCCCN(C)CCN=C(NCC)N1CCC(CC(=O)NC)CC1. The molecule has 140 valence electrons. The fourth-order valence-corrected chi connectivity index (χ4v) is 3.01. The number of aliphatic imine (C=N–C) groups is 1. The lowest BCUT2D eigenvalue weighted by molar-refractivity contribution is -0.121. The summed E-state index contributed by atoms with van der Waals surface area (Å²) >= 11 is 0. The standard InChI is InChI=1S/C18H37N5O/c1-5-7-11-22(4)14-10-21-18(20-6-2)23-12-8-16(9-13-23)15-17(24)19-3/h16H,5-15H2,1-4H3,(H,19,24)(H,20,21). The summed E-state index contributed by atoms with van der Waals surface area (Å²) < 4.78 is 0. The summed E-state index contributed by atoms with van der Waals surface area (Å²) in [6, 6.07) is 0. The average molecular weight is 340 g/mol. The maximum atomic E-state index is 11.5. The van der Waals surface area contributed by atoms with Crippen molar-refractivity contribution in [3.63, 3.8) is 0 Å². The first kappa shape index (κ1) is 20.7. The molecule has 1 saturated heterocycles. The minimum Gasteiger partial charge on any atom is -0.359 e. The number of likely N-dealkylation sites (N-methyl/N-ethyl adjacent to an activating group) is 1. The number of nitrogens with zero attached hydrogens (tertiary/aromatic N) is 3. The topological polar surface area (TPSA) is 60.0 Å². The summed E-state index contributed by atoms with van der Waals surface area (Å²) in [5.74, 6) is 1.69. The van der Waals surface area contributed by atoms with Crippen LogP contribution >= 0.6 is 0 Å². The quantitative estimate of drug-likeness (QED) is 0.494. The van der Waals surface area contributed by atoms with Gasteiger partial charge in [-0.3, -0.25) is 9.79 Å². The Labute approximate surface area is 148 Å². The summed E-state index contributed by atoms with van der Waals surface area (Å²) in [5, 5.41) is 6.14. The predicted octanol–water partition coefficient (Wildman–Crippen LogP) is 1.53. The van der Waals surface area contributed by atoms with Crippen molar-refractivity contribution in [3.05, 3.63) is 0 Å². The van der Waals surface area contributed by atoms with Gasteiger partial charge in [0.15, 0.2) is 5.96 Å². The van der Waals surface area contributed by atoms with Crippen molar-refractivity contribution in [1.29, 1.82) is 0 Å². The second-order valence-electron chi connectivity index (χ2n) is 6.70. The zero-order chi connectivity index (χ0) is 17.8. The van der Waals surface area contributed by atoms with Crippen LogP contribution in [-0.2, 0) is 4.79 Å². The number of guanidine groups is 1. The van der Waals surface area contributed by atoms with Gasteiger partial charge in [-0.1, -0.05) is 13.3 Å². The number of carbonyl (C=O) groups excluding carboxylic acids is 1. The number of hydrogen-bond donors (Lipinski definition) is 2. The van der Waals surface area contributed by atoms with Crippen LogP contribution in [0.4, 0.5) is 0 Å². The minimum atomic E-state index is 0.157. The van der Waals surface area contributed by atoms with Crippen LogP contribution in [0.2, 0.25) is 0 Å². The summed E-state index contributed by atoms with van der Waals surface area (Å²) in [7, 11) is 3.88. The highest BCUT2D eigenvalue weighted by Crippen LogP contribution is 2.20. The van der Waals surface area contributed by atoms with E-state index in [1.54, 1.807) is 7.05 Å². The summed E-state index contributed by atoms with van der Waals surface area (Å²) in [6.45, 7) is 10.2. The Morgan fingerprint density at radius 3 is 2.54 bits per heavy atom. The van der Waals surface area contributed by atoms with Crippen LogP contribution in [0.3, 0.4) is 0 Å². The molecule has 0 spiro atoms. The third kappa shape index (κ3) is 7.99. The van der Waals surface area contributed by atoms with Crippen molar-refractivity contribution in [1.82, 2.24) is 20.4 Å². The van der Waals surface area contributed by atoms with Gasteiger partial charge in [0.2, 0.25) is 5.91 Å². The largest absolute Gasteiger partial charge is 0.359 e. The molecule has 0 radical (unpaired) electrons. The predicted molar refractivity (Wildman–Crippen MR) is 101 cm³/mol. The van der Waals surface area contributed by atoms with Gasteiger partial charge in [-0.05, 0) is 45.7 Å². The second-order valence-corrected chi connectivity index (χ2v) is 6.70. The molecule has 0 aromatic heterocycles. The molecule has 0 aromatic carbocycles. The highest BCUT2D eigenvalue weighted by molar-refractivity contribution is 5.80. The van der Waals surface area contributed by atoms with Gasteiger partial charge in [0.05, 0.1) is 6.54 Å². The molecule has 24 heavy (non-hydrogen) atoms. The molecule has 1 aliphatic heterocycles. The molecular weight excluding hydrogens is 302 g/mol. The average Bonchev–Trinajstić information content (AvgIpc) is 2.59. The van der Waals surface area contributed by atoms with E-state index >= 15 is 0 Å². The first-order valence-corrected chi connectivity index (χ1v) is 9.53. The van der Waals surface area contributed by atoms with Crippen molar-refractivity contribution < 1.29 is 4.79 Å². The fourth-order valence-electron chi connectivity index (χ4n) is 3.01. The zero-order valence-corrected chi connectivity index (χ0v) is 16.1. The maximum absolute atomic E-state index is 11.5. The van der Waals surface area contributed by atoms with Crippen LogP contribution in [0.5, 0.6) is 0 Å². The van der Waals surface area contributed by atoms with Crippen molar-refractivity contribution in [2.24, 2.45) is 10.9 Å². The first-order valence-electron chi connectivity index (χ1n) is 9.53. The molecule has 1 amide bonds. The smallest absolute Gasteiger partial charge is 0.220 e. The number of hydrogen-bond acceptors (Lipinski definition) is 3. The summed E-state index contributed by atoms with van der Waals surface area (Å²) in [6.07, 6.45) is 5.27. The van der Waals surface area contributed by atoms with E-state index in [0.717, 1.165) is 58.1 Å². The Balaban J connectivity index is 2.42. The monoisotopic (exact) mass is 339 g/mol. The zero-order valence-electron chi connectivity index (χ0n) is 16.1. The highest BCUT2D eigenvalue weighted by Gasteiger charge is 2.22. The number of amides is 1. The molecule has 6 heteroatoms. The van der Waals surface area contributed by atoms with Gasteiger partial charge >= 0.3 is 0 Å². The highest BCUT2D eigenvalue weighted by atomic mass is 16.1. The van der Waals surface area contributed by atoms with Crippen LogP contribution in [0, 0.1) is 5.92 Å². The van der Waals surface area contributed by atoms with Crippen molar-refractivity contribution >= 4 is 11.9 Å². The number of likely N-dealkylation sites (tertiary alicyclic amines) is 1. The van der Waals surface area contributed by atoms with Gasteiger partial charge in [0.1, 0.15) is 0 Å². The van der Waals surface area contributed by atoms with Crippen LogP contribution in [0.1, 0.15) is 46.0 Å². The van der Waals surface area contributed by atoms with E-state index in [9.17, 15) is 4.79 Å². The van der Waals surface area contributed by atoms with Gasteiger partial charge in [0, 0.05) is 39.6 Å². The van der Waals surface area contributed by atoms with E-state index in [0.29, 0.717) is 12.3 Å². The van der Waals surface area contributed by atoms with Crippen LogP contribution in [-0.4, -0.2) is 75.0 Å². The van der Waals surface area contributed by atoms with E-state index in [1.807, 2.05) is 0 Å². The number of nitrogens with one attached hydrogen (secondary N) is 2. The Kier molecular flexibility index (Phi) is 10.5. The third-order valence-electron chi connectivity index (χ3n) is 4.64. The molecule has 0 bridgehead atoms. The molecule has 0 atom stereocenters. The van der Waals surface area contributed by atoms with E-state index in [2.05, 4.69) is 41.3 Å². The Morgan fingerprint density at radius 2 is 1.96 bits per heavy atom. The van der Waals surface area contributed by atoms with Gasteiger partial charge in [-0.15, -0.1) is 0 Å². The van der Waals surface area contributed by atoms with E-state index in [1.165, 1.54) is 12.8 Å². The molecule has 0 aromatic rings. The molecule has 1 aliphatic rings. The molecule has 0 aliphatic carbocycles. The Bertz CT molecular complexity index is 378. The maximum Gasteiger partial charge on any atom is 0.220 e. The molecular formula is C18H37N5O. The van der Waals surface area contributed by atoms with Crippen LogP contribution < -0.4 is 10.6 Å². The molecule has 6 nitrogen and oxygen atoms in total. The minimum absolute atomic E-state index is 0.157. The van der Waals surface area contributed by atoms with Gasteiger partial charge in [0.25, 0.3) is 0 Å². The Morgan fingerprint density at radius 1 is 1.25 bits per heavy atom. The lowest BCUT2D eigenvalue weighted by Crippen LogP contribution is -2.46.